The molecule has 1 aromatic carbocycles. The van der Waals surface area contributed by atoms with Gasteiger partial charge in [0.25, 0.3) is 0 Å². The molecule has 2 aromatic rings. The number of benzene rings is 1. The minimum absolute atomic E-state index is 0.00156. The van der Waals surface area contributed by atoms with Crippen LogP contribution in [0.4, 0.5) is 5.82 Å². The Balaban J connectivity index is 1.49. The molecule has 0 spiro atoms. The van der Waals surface area contributed by atoms with Crippen molar-refractivity contribution in [1.29, 1.82) is 0 Å². The summed E-state index contributed by atoms with van der Waals surface area (Å²) in [6, 6.07) is 10.1. The largest absolute Gasteiger partial charge is 0.308 e. The topological polar surface area (TPSA) is 71.0 Å². The number of aryl methyl sites for hydroxylation is 1. The maximum atomic E-state index is 12.7. The molecule has 126 valence electrons. The second-order valence-electron chi connectivity index (χ2n) is 6.75. The van der Waals surface area contributed by atoms with Gasteiger partial charge < -0.3 is 5.32 Å². The zero-order valence-electron chi connectivity index (χ0n) is 13.8. The Kier molecular flexibility index (Phi) is 4.08. The summed E-state index contributed by atoms with van der Waals surface area (Å²) in [6.45, 7) is 1.96. The molecule has 3 atom stereocenters. The van der Waals surface area contributed by atoms with Crippen LogP contribution >= 0.6 is 0 Å². The Bertz CT molecular complexity index is 726. The number of nitrogens with zero attached hydrogens (tertiary/aromatic N) is 2. The number of hydrogen-bond acceptors (Lipinski definition) is 4. The molecule has 1 saturated carbocycles. The number of fused-ring (bicyclic) bond motifs is 1. The predicted octanol–water partition coefficient (Wildman–Crippen LogP) is 2.15. The lowest BCUT2D eigenvalue weighted by Crippen LogP contribution is -2.42. The molecule has 1 amide bonds. The van der Waals surface area contributed by atoms with Gasteiger partial charge in [0.1, 0.15) is 6.04 Å². The Morgan fingerprint density at radius 3 is 2.83 bits per heavy atom. The summed E-state index contributed by atoms with van der Waals surface area (Å²) >= 11 is 0. The number of amides is 1. The van der Waals surface area contributed by atoms with E-state index in [2.05, 4.69) is 21.3 Å². The molecular formula is C18H23N5O. The lowest BCUT2D eigenvalue weighted by Gasteiger charge is -2.26. The Morgan fingerprint density at radius 1 is 1.21 bits per heavy atom. The van der Waals surface area contributed by atoms with Crippen LogP contribution in [0.25, 0.3) is 5.69 Å². The zero-order valence-corrected chi connectivity index (χ0v) is 13.8. The summed E-state index contributed by atoms with van der Waals surface area (Å²) < 4.78 is 1.80. The monoisotopic (exact) mass is 325 g/mol. The van der Waals surface area contributed by atoms with Gasteiger partial charge in [-0.2, -0.15) is 0 Å². The smallest absolute Gasteiger partial charge is 0.244 e. The number of hydrogen-bond donors (Lipinski definition) is 3. The van der Waals surface area contributed by atoms with Gasteiger partial charge in [-0.3, -0.25) is 10.2 Å². The highest BCUT2D eigenvalue weighted by Gasteiger charge is 2.41. The van der Waals surface area contributed by atoms with Crippen molar-refractivity contribution >= 4 is 11.7 Å². The van der Waals surface area contributed by atoms with Crippen molar-refractivity contribution in [2.24, 2.45) is 5.92 Å². The van der Waals surface area contributed by atoms with Gasteiger partial charge in [-0.05, 0) is 31.9 Å². The van der Waals surface area contributed by atoms with Crippen molar-refractivity contribution in [3.05, 3.63) is 42.1 Å². The van der Waals surface area contributed by atoms with E-state index in [-0.39, 0.29) is 11.9 Å². The van der Waals surface area contributed by atoms with Crippen LogP contribution in [0, 0.1) is 12.8 Å². The van der Waals surface area contributed by atoms with Gasteiger partial charge in [0.05, 0.1) is 5.69 Å². The summed E-state index contributed by atoms with van der Waals surface area (Å²) in [5, 5.41) is 7.53. The van der Waals surface area contributed by atoms with Crippen LogP contribution in [0.15, 0.2) is 36.5 Å². The van der Waals surface area contributed by atoms with Crippen molar-refractivity contribution in [2.75, 3.05) is 5.32 Å². The van der Waals surface area contributed by atoms with Crippen molar-refractivity contribution < 1.29 is 4.79 Å². The van der Waals surface area contributed by atoms with E-state index in [0.717, 1.165) is 24.1 Å². The molecule has 6 nitrogen and oxygen atoms in total. The number of carbonyl (C=O) groups is 1. The summed E-state index contributed by atoms with van der Waals surface area (Å²) in [5.41, 5.74) is 8.40. The fourth-order valence-electron chi connectivity index (χ4n) is 3.79. The summed E-state index contributed by atoms with van der Waals surface area (Å²) in [6.07, 6.45) is 6.62. The SMILES string of the molecule is Cc1cn(-c2ccccc2)nc1NC(=O)C1NNC2CCCCC21. The molecular weight excluding hydrogens is 302 g/mol. The molecule has 3 unspecified atom stereocenters. The average molecular weight is 325 g/mol. The van der Waals surface area contributed by atoms with Crippen LogP contribution in [-0.2, 0) is 4.79 Å². The van der Waals surface area contributed by atoms with Crippen molar-refractivity contribution in [3.8, 4) is 5.69 Å². The van der Waals surface area contributed by atoms with Crippen LogP contribution in [0.3, 0.4) is 0 Å². The number of aromatic nitrogens is 2. The normalized spacial score (nSPS) is 26.1. The van der Waals surface area contributed by atoms with Gasteiger partial charge in [0.2, 0.25) is 5.91 Å². The second kappa shape index (κ2) is 6.37. The highest BCUT2D eigenvalue weighted by atomic mass is 16.2. The van der Waals surface area contributed by atoms with Gasteiger partial charge in [-0.1, -0.05) is 31.0 Å². The maximum Gasteiger partial charge on any atom is 0.244 e. The molecule has 6 heteroatoms. The first kappa shape index (κ1) is 15.4. The van der Waals surface area contributed by atoms with E-state index in [1.54, 1.807) is 4.68 Å². The molecule has 24 heavy (non-hydrogen) atoms. The predicted molar refractivity (Wildman–Crippen MR) is 92.7 cm³/mol. The van der Waals surface area contributed by atoms with E-state index in [9.17, 15) is 4.79 Å². The fourth-order valence-corrected chi connectivity index (χ4v) is 3.79. The van der Waals surface area contributed by atoms with Crippen molar-refractivity contribution in [2.45, 2.75) is 44.7 Å². The summed E-state index contributed by atoms with van der Waals surface area (Å²) in [5.74, 6) is 0.999. The van der Waals surface area contributed by atoms with Gasteiger partial charge in [-0.15, -0.1) is 5.10 Å². The number of nitrogens with one attached hydrogen (secondary N) is 3. The van der Waals surface area contributed by atoms with Crippen molar-refractivity contribution in [3.63, 3.8) is 0 Å². The van der Waals surface area contributed by atoms with Crippen LogP contribution in [0.5, 0.6) is 0 Å². The van der Waals surface area contributed by atoms with E-state index in [1.165, 1.54) is 12.8 Å². The van der Waals surface area contributed by atoms with E-state index in [0.29, 0.717) is 17.8 Å². The Hall–Kier alpha value is -2.18. The molecule has 1 saturated heterocycles. The number of hydrazine groups is 1. The maximum absolute atomic E-state index is 12.7. The number of rotatable bonds is 3. The third-order valence-electron chi connectivity index (χ3n) is 5.11. The highest BCUT2D eigenvalue weighted by molar-refractivity contribution is 5.95. The van der Waals surface area contributed by atoms with E-state index in [1.807, 2.05) is 43.5 Å². The average Bonchev–Trinajstić information content (AvgIpc) is 3.20. The van der Waals surface area contributed by atoms with E-state index < -0.39 is 0 Å². The lowest BCUT2D eigenvalue weighted by molar-refractivity contribution is -0.118. The van der Waals surface area contributed by atoms with Crippen LogP contribution in [-0.4, -0.2) is 27.8 Å². The lowest BCUT2D eigenvalue weighted by atomic mass is 9.81. The first-order chi connectivity index (χ1) is 11.7. The minimum Gasteiger partial charge on any atom is -0.308 e. The van der Waals surface area contributed by atoms with Crippen LogP contribution < -0.4 is 16.2 Å². The zero-order chi connectivity index (χ0) is 16.5. The Morgan fingerprint density at radius 2 is 2.00 bits per heavy atom. The molecule has 2 fully saturated rings. The molecule has 1 aliphatic heterocycles. The first-order valence-electron chi connectivity index (χ1n) is 8.66. The summed E-state index contributed by atoms with van der Waals surface area (Å²) in [7, 11) is 0. The molecule has 1 aromatic heterocycles. The molecule has 4 rings (SSSR count). The van der Waals surface area contributed by atoms with Gasteiger partial charge >= 0.3 is 0 Å². The fraction of sp³-hybridized carbons (Fsp3) is 0.444. The van der Waals surface area contributed by atoms with E-state index in [4.69, 9.17) is 0 Å². The highest BCUT2D eigenvalue weighted by Crippen LogP contribution is 2.30. The number of para-hydroxylation sites is 1. The molecule has 0 radical (unpaired) electrons. The molecule has 2 aliphatic rings. The third kappa shape index (κ3) is 2.83. The van der Waals surface area contributed by atoms with Gasteiger partial charge in [0, 0.05) is 23.7 Å². The minimum atomic E-state index is -0.184. The molecule has 1 aliphatic carbocycles. The van der Waals surface area contributed by atoms with Gasteiger partial charge in [-0.25, -0.2) is 10.1 Å². The number of anilines is 1. The molecule has 3 N–H and O–H groups in total. The number of carbonyl (C=O) groups excluding carboxylic acids is 1. The van der Waals surface area contributed by atoms with Crippen LogP contribution in [0.2, 0.25) is 0 Å². The third-order valence-corrected chi connectivity index (χ3v) is 5.11. The van der Waals surface area contributed by atoms with Gasteiger partial charge in [0.15, 0.2) is 5.82 Å². The van der Waals surface area contributed by atoms with E-state index >= 15 is 0 Å². The molecule has 2 heterocycles. The summed E-state index contributed by atoms with van der Waals surface area (Å²) in [4.78, 5) is 12.7. The second-order valence-corrected chi connectivity index (χ2v) is 6.75. The molecule has 0 bridgehead atoms. The quantitative estimate of drug-likeness (QED) is 0.809. The van der Waals surface area contributed by atoms with Crippen molar-refractivity contribution in [1.82, 2.24) is 20.6 Å². The Labute approximate surface area is 141 Å². The first-order valence-corrected chi connectivity index (χ1v) is 8.66. The van der Waals surface area contributed by atoms with Crippen LogP contribution in [0.1, 0.15) is 31.2 Å². The standard InChI is InChI=1S/C18H23N5O/c1-12-11-23(13-7-3-2-4-8-13)22-17(12)19-18(24)16-14-9-5-6-10-15(14)20-21-16/h2-4,7-8,11,14-16,20-21H,5-6,9-10H2,1H3,(H,19,22,24).